The molecule has 148 valence electrons. The summed E-state index contributed by atoms with van der Waals surface area (Å²) < 4.78 is 35.0. The summed E-state index contributed by atoms with van der Waals surface area (Å²) in [5.74, 6) is -0.176. The molecule has 3 rings (SSSR count). The van der Waals surface area contributed by atoms with Crippen LogP contribution >= 0.6 is 0 Å². The molecule has 0 aliphatic heterocycles. The van der Waals surface area contributed by atoms with Gasteiger partial charge in [0.25, 0.3) is 5.69 Å². The summed E-state index contributed by atoms with van der Waals surface area (Å²) in [6.45, 7) is 0. The SMILES string of the molecule is COc1ccc(S(=O)(=O)Oc2ccc(C(=O)c3ccccc3)cc2)c([N+](=O)[O-])c1. The van der Waals surface area contributed by atoms with Gasteiger partial charge in [0.2, 0.25) is 0 Å². The minimum absolute atomic E-state index is 0.0836. The van der Waals surface area contributed by atoms with Crippen molar-refractivity contribution in [3.63, 3.8) is 0 Å². The molecule has 0 saturated carbocycles. The predicted molar refractivity (Wildman–Crippen MR) is 104 cm³/mol. The molecule has 0 unspecified atom stereocenters. The number of hydrogen-bond acceptors (Lipinski definition) is 7. The van der Waals surface area contributed by atoms with E-state index >= 15 is 0 Å². The number of ketones is 1. The molecule has 0 aliphatic carbocycles. The zero-order valence-electron chi connectivity index (χ0n) is 15.1. The first-order valence-corrected chi connectivity index (χ1v) is 9.69. The van der Waals surface area contributed by atoms with Crippen LogP contribution in [0.5, 0.6) is 11.5 Å². The number of nitro benzene ring substituents is 1. The highest BCUT2D eigenvalue weighted by atomic mass is 32.2. The Bertz CT molecular complexity index is 1160. The van der Waals surface area contributed by atoms with Crippen molar-refractivity contribution in [2.75, 3.05) is 7.11 Å². The number of carbonyl (C=O) groups is 1. The van der Waals surface area contributed by atoms with Gasteiger partial charge in [-0.25, -0.2) is 0 Å². The molecular formula is C20H15NO7S. The number of hydrogen-bond donors (Lipinski definition) is 0. The second kappa shape index (κ2) is 8.11. The van der Waals surface area contributed by atoms with Gasteiger partial charge in [0, 0.05) is 11.1 Å². The van der Waals surface area contributed by atoms with E-state index in [0.29, 0.717) is 11.1 Å². The lowest BCUT2D eigenvalue weighted by Crippen LogP contribution is -2.12. The van der Waals surface area contributed by atoms with E-state index in [2.05, 4.69) is 0 Å². The van der Waals surface area contributed by atoms with Crippen molar-refractivity contribution in [3.8, 4) is 11.5 Å². The highest BCUT2D eigenvalue weighted by molar-refractivity contribution is 7.87. The topological polar surface area (TPSA) is 113 Å². The van der Waals surface area contributed by atoms with Crippen LogP contribution in [0.25, 0.3) is 0 Å². The van der Waals surface area contributed by atoms with Gasteiger partial charge in [0.15, 0.2) is 10.7 Å². The summed E-state index contributed by atoms with van der Waals surface area (Å²) in [4.78, 5) is 22.2. The van der Waals surface area contributed by atoms with E-state index in [4.69, 9.17) is 8.92 Å². The van der Waals surface area contributed by atoms with Crippen molar-refractivity contribution < 1.29 is 27.1 Å². The molecule has 0 fully saturated rings. The maximum absolute atomic E-state index is 12.5. The molecular weight excluding hydrogens is 398 g/mol. The molecule has 3 aromatic rings. The van der Waals surface area contributed by atoms with E-state index in [1.165, 1.54) is 37.4 Å². The molecule has 0 amide bonds. The van der Waals surface area contributed by atoms with Crippen LogP contribution in [0.4, 0.5) is 5.69 Å². The summed E-state index contributed by atoms with van der Waals surface area (Å²) in [5, 5.41) is 11.2. The number of nitrogens with zero attached hydrogens (tertiary/aromatic N) is 1. The first-order chi connectivity index (χ1) is 13.8. The van der Waals surface area contributed by atoms with Crippen molar-refractivity contribution in [2.45, 2.75) is 4.90 Å². The Kier molecular flexibility index (Phi) is 5.60. The minimum Gasteiger partial charge on any atom is -0.497 e. The second-order valence-electron chi connectivity index (χ2n) is 5.85. The fourth-order valence-electron chi connectivity index (χ4n) is 2.57. The quantitative estimate of drug-likeness (QED) is 0.252. The molecule has 0 aliphatic rings. The normalized spacial score (nSPS) is 10.9. The molecule has 0 spiro atoms. The minimum atomic E-state index is -4.48. The van der Waals surface area contributed by atoms with Crippen LogP contribution in [0, 0.1) is 10.1 Å². The molecule has 0 bridgehead atoms. The van der Waals surface area contributed by atoms with Gasteiger partial charge in [-0.1, -0.05) is 30.3 Å². The number of carbonyl (C=O) groups excluding carboxylic acids is 1. The van der Waals surface area contributed by atoms with Crippen LogP contribution in [0.1, 0.15) is 15.9 Å². The third-order valence-electron chi connectivity index (χ3n) is 3.99. The van der Waals surface area contributed by atoms with Gasteiger partial charge in [-0.2, -0.15) is 8.42 Å². The van der Waals surface area contributed by atoms with Crippen LogP contribution in [-0.4, -0.2) is 26.2 Å². The molecule has 29 heavy (non-hydrogen) atoms. The smallest absolute Gasteiger partial charge is 0.346 e. The van der Waals surface area contributed by atoms with Gasteiger partial charge in [0.05, 0.1) is 18.1 Å². The van der Waals surface area contributed by atoms with Crippen molar-refractivity contribution in [1.29, 1.82) is 0 Å². The van der Waals surface area contributed by atoms with Gasteiger partial charge in [-0.3, -0.25) is 14.9 Å². The average Bonchev–Trinajstić information content (AvgIpc) is 2.73. The third-order valence-corrected chi connectivity index (χ3v) is 5.29. The van der Waals surface area contributed by atoms with E-state index in [1.54, 1.807) is 30.3 Å². The molecule has 0 N–H and O–H groups in total. The highest BCUT2D eigenvalue weighted by Crippen LogP contribution is 2.30. The number of rotatable bonds is 7. The zero-order chi connectivity index (χ0) is 21.0. The summed E-state index contributed by atoms with van der Waals surface area (Å²) >= 11 is 0. The standard InChI is InChI=1S/C20H15NO7S/c1-27-17-11-12-19(18(13-17)21(23)24)29(25,26)28-16-9-7-15(8-10-16)20(22)14-5-3-2-4-6-14/h2-13H,1H3. The molecule has 0 aromatic heterocycles. The van der Waals surface area contributed by atoms with Crippen LogP contribution in [0.2, 0.25) is 0 Å². The second-order valence-corrected chi connectivity index (χ2v) is 7.36. The summed E-state index contributed by atoms with van der Waals surface area (Å²) in [6, 6.07) is 17.4. The molecule has 9 heteroatoms. The van der Waals surface area contributed by atoms with Gasteiger partial charge in [-0.05, 0) is 36.4 Å². The third kappa shape index (κ3) is 4.41. The largest absolute Gasteiger partial charge is 0.497 e. The molecule has 8 nitrogen and oxygen atoms in total. The Morgan fingerprint density at radius 1 is 0.897 bits per heavy atom. The summed E-state index contributed by atoms with van der Waals surface area (Å²) in [7, 11) is -3.17. The van der Waals surface area contributed by atoms with Gasteiger partial charge in [-0.15, -0.1) is 0 Å². The maximum Gasteiger partial charge on any atom is 0.346 e. The monoisotopic (exact) mass is 413 g/mol. The maximum atomic E-state index is 12.5. The van der Waals surface area contributed by atoms with Crippen molar-refractivity contribution >= 4 is 21.6 Å². The Morgan fingerprint density at radius 2 is 1.48 bits per heavy atom. The number of methoxy groups -OCH3 is 1. The first-order valence-electron chi connectivity index (χ1n) is 8.28. The Labute approximate surface area is 166 Å². The van der Waals surface area contributed by atoms with Gasteiger partial charge in [0.1, 0.15) is 11.5 Å². The van der Waals surface area contributed by atoms with Crippen molar-refractivity contribution in [1.82, 2.24) is 0 Å². The van der Waals surface area contributed by atoms with Crippen LogP contribution in [0.3, 0.4) is 0 Å². The van der Waals surface area contributed by atoms with E-state index in [-0.39, 0.29) is 17.3 Å². The van der Waals surface area contributed by atoms with Crippen LogP contribution < -0.4 is 8.92 Å². The van der Waals surface area contributed by atoms with E-state index in [1.807, 2.05) is 0 Å². The van der Waals surface area contributed by atoms with Crippen LogP contribution in [-0.2, 0) is 10.1 Å². The Morgan fingerprint density at radius 3 is 2.07 bits per heavy atom. The molecule has 0 saturated heterocycles. The first kappa shape index (κ1) is 20.0. The Hall–Kier alpha value is -3.72. The van der Waals surface area contributed by atoms with Crippen LogP contribution in [0.15, 0.2) is 77.7 Å². The average molecular weight is 413 g/mol. The van der Waals surface area contributed by atoms with E-state index < -0.39 is 25.6 Å². The number of ether oxygens (including phenoxy) is 1. The lowest BCUT2D eigenvalue weighted by atomic mass is 10.0. The molecule has 0 heterocycles. The van der Waals surface area contributed by atoms with E-state index in [0.717, 1.165) is 12.1 Å². The lowest BCUT2D eigenvalue weighted by molar-refractivity contribution is -0.388. The van der Waals surface area contributed by atoms with Gasteiger partial charge < -0.3 is 8.92 Å². The van der Waals surface area contributed by atoms with Crippen molar-refractivity contribution in [3.05, 3.63) is 94.0 Å². The summed E-state index contributed by atoms with van der Waals surface area (Å²) in [6.07, 6.45) is 0. The number of nitro groups is 1. The lowest BCUT2D eigenvalue weighted by Gasteiger charge is -2.09. The number of benzene rings is 3. The van der Waals surface area contributed by atoms with Crippen molar-refractivity contribution in [2.24, 2.45) is 0 Å². The Balaban J connectivity index is 1.86. The fourth-order valence-corrected chi connectivity index (χ4v) is 3.65. The zero-order valence-corrected chi connectivity index (χ0v) is 16.0. The fraction of sp³-hybridized carbons (Fsp3) is 0.0500. The molecule has 0 atom stereocenters. The highest BCUT2D eigenvalue weighted by Gasteiger charge is 2.28. The van der Waals surface area contributed by atoms with Gasteiger partial charge >= 0.3 is 10.1 Å². The predicted octanol–water partition coefficient (Wildman–Crippen LogP) is 3.60. The molecule has 0 radical (unpaired) electrons. The molecule has 3 aromatic carbocycles. The summed E-state index contributed by atoms with van der Waals surface area (Å²) in [5.41, 5.74) is 0.166. The van der Waals surface area contributed by atoms with E-state index in [9.17, 15) is 23.3 Å².